The van der Waals surface area contributed by atoms with Crippen LogP contribution in [0, 0.1) is 12.8 Å². The second-order valence-electron chi connectivity index (χ2n) is 5.03. The predicted molar refractivity (Wildman–Crippen MR) is 76.0 cm³/mol. The molecule has 0 saturated heterocycles. The summed E-state index contributed by atoms with van der Waals surface area (Å²) in [6, 6.07) is 2.79. The highest BCUT2D eigenvalue weighted by molar-refractivity contribution is 5.76. The van der Waals surface area contributed by atoms with Gasteiger partial charge in [0.2, 0.25) is 0 Å². The third-order valence-electron chi connectivity index (χ3n) is 3.05. The highest BCUT2D eigenvalue weighted by Gasteiger charge is 2.22. The molecule has 0 aromatic carbocycles. The number of carboxylic acid groups (broad SMARTS) is 1. The number of furan rings is 1. The Hall–Kier alpha value is -2.02. The molecule has 0 aliphatic carbocycles. The summed E-state index contributed by atoms with van der Waals surface area (Å²) >= 11 is 0. The molecule has 0 aliphatic heterocycles. The van der Waals surface area contributed by atoms with E-state index in [0.717, 1.165) is 5.76 Å². The van der Waals surface area contributed by atoms with Crippen LogP contribution in [0.5, 0.6) is 0 Å². The molecule has 1 heterocycles. The van der Waals surface area contributed by atoms with Crippen molar-refractivity contribution in [3.63, 3.8) is 0 Å². The summed E-state index contributed by atoms with van der Waals surface area (Å²) in [5, 5.41) is 11.6. The van der Waals surface area contributed by atoms with Crippen LogP contribution in [0.25, 0.3) is 0 Å². The Bertz CT molecular complexity index is 485. The molecule has 0 radical (unpaired) electrons. The minimum atomic E-state index is -0.940. The summed E-state index contributed by atoms with van der Waals surface area (Å²) in [5.41, 5.74) is 0. The fourth-order valence-corrected chi connectivity index (χ4v) is 1.83. The Balaban J connectivity index is 2.66. The van der Waals surface area contributed by atoms with E-state index in [1.165, 1.54) is 12.0 Å². The van der Waals surface area contributed by atoms with Crippen molar-refractivity contribution >= 4 is 12.0 Å². The zero-order valence-electron chi connectivity index (χ0n) is 12.8. The summed E-state index contributed by atoms with van der Waals surface area (Å²) in [4.78, 5) is 24.2. The van der Waals surface area contributed by atoms with Crippen molar-refractivity contribution in [3.8, 4) is 0 Å². The summed E-state index contributed by atoms with van der Waals surface area (Å²) in [6.07, 6.45) is 0. The van der Waals surface area contributed by atoms with Gasteiger partial charge >= 0.3 is 12.0 Å². The smallest absolute Gasteiger partial charge is 0.317 e. The zero-order valence-corrected chi connectivity index (χ0v) is 12.8. The minimum Gasteiger partial charge on any atom is -0.481 e. The van der Waals surface area contributed by atoms with Gasteiger partial charge in [0.05, 0.1) is 12.5 Å². The SMILES string of the molecule is COCC(NC(=O)N(C)CC(C)C(=O)O)c1ccc(C)o1. The van der Waals surface area contributed by atoms with Gasteiger partial charge in [-0.2, -0.15) is 0 Å². The number of methoxy groups -OCH3 is 1. The van der Waals surface area contributed by atoms with Crippen LogP contribution in [0.1, 0.15) is 24.5 Å². The molecule has 118 valence electrons. The average Bonchev–Trinajstić information content (AvgIpc) is 2.84. The monoisotopic (exact) mass is 298 g/mol. The quantitative estimate of drug-likeness (QED) is 0.798. The van der Waals surface area contributed by atoms with E-state index in [4.69, 9.17) is 14.3 Å². The van der Waals surface area contributed by atoms with Crippen molar-refractivity contribution in [3.05, 3.63) is 23.7 Å². The van der Waals surface area contributed by atoms with Crippen molar-refractivity contribution in [1.82, 2.24) is 10.2 Å². The van der Waals surface area contributed by atoms with E-state index in [-0.39, 0.29) is 19.2 Å². The first kappa shape index (κ1) is 17.0. The second-order valence-corrected chi connectivity index (χ2v) is 5.03. The molecule has 0 aliphatic rings. The lowest BCUT2D eigenvalue weighted by molar-refractivity contribution is -0.141. The maximum absolute atomic E-state index is 12.1. The van der Waals surface area contributed by atoms with E-state index < -0.39 is 17.9 Å². The van der Waals surface area contributed by atoms with Crippen LogP contribution >= 0.6 is 0 Å². The van der Waals surface area contributed by atoms with E-state index in [0.29, 0.717) is 5.76 Å². The third kappa shape index (κ3) is 5.11. The first-order valence-electron chi connectivity index (χ1n) is 6.64. The van der Waals surface area contributed by atoms with Gasteiger partial charge in [-0.1, -0.05) is 6.92 Å². The molecule has 7 nitrogen and oxygen atoms in total. The largest absolute Gasteiger partial charge is 0.481 e. The minimum absolute atomic E-state index is 0.123. The van der Waals surface area contributed by atoms with Gasteiger partial charge in [0.1, 0.15) is 17.6 Å². The molecule has 0 spiro atoms. The lowest BCUT2D eigenvalue weighted by Gasteiger charge is -2.23. The molecule has 21 heavy (non-hydrogen) atoms. The number of ether oxygens (including phenoxy) is 1. The zero-order chi connectivity index (χ0) is 16.0. The lowest BCUT2D eigenvalue weighted by atomic mass is 10.2. The summed E-state index contributed by atoms with van der Waals surface area (Å²) in [5.74, 6) is -0.229. The number of amides is 2. The molecule has 0 fully saturated rings. The third-order valence-corrected chi connectivity index (χ3v) is 3.05. The van der Waals surface area contributed by atoms with E-state index >= 15 is 0 Å². The van der Waals surface area contributed by atoms with Gasteiger partial charge in [-0.25, -0.2) is 4.79 Å². The van der Waals surface area contributed by atoms with Gasteiger partial charge in [-0.15, -0.1) is 0 Å². The number of carbonyl (C=O) groups excluding carboxylic acids is 1. The molecular weight excluding hydrogens is 276 g/mol. The molecule has 1 rings (SSSR count). The number of carbonyl (C=O) groups is 2. The van der Waals surface area contributed by atoms with Gasteiger partial charge in [0.15, 0.2) is 0 Å². The van der Waals surface area contributed by atoms with Crippen LogP contribution in [-0.2, 0) is 9.53 Å². The summed E-state index contributed by atoms with van der Waals surface area (Å²) in [6.45, 7) is 3.75. The highest BCUT2D eigenvalue weighted by atomic mass is 16.5. The number of nitrogens with zero attached hydrogens (tertiary/aromatic N) is 1. The fourth-order valence-electron chi connectivity index (χ4n) is 1.83. The maximum Gasteiger partial charge on any atom is 0.317 e. The van der Waals surface area contributed by atoms with Gasteiger partial charge in [-0.05, 0) is 19.1 Å². The summed E-state index contributed by atoms with van der Waals surface area (Å²) < 4.78 is 10.6. The van der Waals surface area contributed by atoms with E-state index in [1.807, 2.05) is 6.92 Å². The van der Waals surface area contributed by atoms with Gasteiger partial charge in [0.25, 0.3) is 0 Å². The van der Waals surface area contributed by atoms with Crippen LogP contribution in [0.3, 0.4) is 0 Å². The molecule has 2 unspecified atom stereocenters. The van der Waals surface area contributed by atoms with Crippen molar-refractivity contribution in [1.29, 1.82) is 0 Å². The Kier molecular flexibility index (Phi) is 6.23. The maximum atomic E-state index is 12.1. The normalized spacial score (nSPS) is 13.5. The topological polar surface area (TPSA) is 92.0 Å². The number of hydrogen-bond donors (Lipinski definition) is 2. The second kappa shape index (κ2) is 7.68. The predicted octanol–water partition coefficient (Wildman–Crippen LogP) is 1.64. The Morgan fingerprint density at radius 3 is 2.62 bits per heavy atom. The Labute approximate surface area is 123 Å². The molecule has 1 aromatic rings. The summed E-state index contributed by atoms with van der Waals surface area (Å²) in [7, 11) is 3.08. The number of nitrogens with one attached hydrogen (secondary N) is 1. The van der Waals surface area contributed by atoms with Crippen LogP contribution in [0.2, 0.25) is 0 Å². The van der Waals surface area contributed by atoms with Gasteiger partial charge in [0, 0.05) is 20.7 Å². The van der Waals surface area contributed by atoms with Gasteiger partial charge < -0.3 is 24.5 Å². The molecule has 2 atom stereocenters. The Morgan fingerprint density at radius 1 is 1.48 bits per heavy atom. The molecule has 2 N–H and O–H groups in total. The number of rotatable bonds is 7. The Morgan fingerprint density at radius 2 is 2.14 bits per heavy atom. The molecular formula is C14H22N2O5. The van der Waals surface area contributed by atoms with Crippen LogP contribution < -0.4 is 5.32 Å². The average molecular weight is 298 g/mol. The van der Waals surface area contributed by atoms with Crippen molar-refractivity contribution < 1.29 is 23.8 Å². The van der Waals surface area contributed by atoms with Crippen LogP contribution in [0.15, 0.2) is 16.5 Å². The van der Waals surface area contributed by atoms with E-state index in [2.05, 4.69) is 5.32 Å². The lowest BCUT2D eigenvalue weighted by Crippen LogP contribution is -2.43. The van der Waals surface area contributed by atoms with Crippen molar-refractivity contribution in [2.24, 2.45) is 5.92 Å². The van der Waals surface area contributed by atoms with Crippen molar-refractivity contribution in [2.45, 2.75) is 19.9 Å². The first-order chi connectivity index (χ1) is 9.85. The standard InChI is InChI=1S/C14H22N2O5/c1-9(13(17)18)7-16(3)14(19)15-11(8-20-4)12-6-5-10(2)21-12/h5-6,9,11H,7-8H2,1-4H3,(H,15,19)(H,17,18). The molecule has 0 bridgehead atoms. The van der Waals surface area contributed by atoms with Crippen molar-refractivity contribution in [2.75, 3.05) is 27.3 Å². The molecule has 1 aromatic heterocycles. The first-order valence-corrected chi connectivity index (χ1v) is 6.64. The molecule has 2 amide bonds. The number of aliphatic carboxylic acids is 1. The van der Waals surface area contributed by atoms with E-state index in [1.54, 1.807) is 26.1 Å². The van der Waals surface area contributed by atoms with Crippen LogP contribution in [-0.4, -0.2) is 49.3 Å². The van der Waals surface area contributed by atoms with E-state index in [9.17, 15) is 9.59 Å². The number of aryl methyl sites for hydroxylation is 1. The molecule has 7 heteroatoms. The molecule has 0 saturated carbocycles. The fraction of sp³-hybridized carbons (Fsp3) is 0.571. The number of carboxylic acids is 1. The number of hydrogen-bond acceptors (Lipinski definition) is 4. The van der Waals surface area contributed by atoms with Gasteiger partial charge in [-0.3, -0.25) is 4.79 Å². The highest BCUT2D eigenvalue weighted by Crippen LogP contribution is 2.17. The number of urea groups is 1. The van der Waals surface area contributed by atoms with Crippen LogP contribution in [0.4, 0.5) is 4.79 Å².